The number of amides is 1. The summed E-state index contributed by atoms with van der Waals surface area (Å²) in [6.07, 6.45) is 1.32. The molecular weight excluding hydrogens is 426 g/mol. The Morgan fingerprint density at radius 2 is 1.75 bits per heavy atom. The van der Waals surface area contributed by atoms with Gasteiger partial charge in [-0.1, -0.05) is 48.0 Å². The van der Waals surface area contributed by atoms with Crippen molar-refractivity contribution >= 4 is 22.0 Å². The highest BCUT2D eigenvalue weighted by molar-refractivity contribution is 7.89. The van der Waals surface area contributed by atoms with Gasteiger partial charge in [0.25, 0.3) is 5.91 Å². The molecule has 0 fully saturated rings. The van der Waals surface area contributed by atoms with Gasteiger partial charge < -0.3 is 9.73 Å². The lowest BCUT2D eigenvalue weighted by Gasteiger charge is -2.21. The molecule has 1 amide bonds. The average Bonchev–Trinajstić information content (AvgIpc) is 3.24. The molecule has 0 bridgehead atoms. The summed E-state index contributed by atoms with van der Waals surface area (Å²) in [5, 5.41) is 11.5. The number of nitrogens with zero attached hydrogens (tertiary/aromatic N) is 2. The highest BCUT2D eigenvalue weighted by atomic mass is 32.2. The van der Waals surface area contributed by atoms with Crippen molar-refractivity contribution in [3.8, 4) is 6.07 Å². The molecule has 164 valence electrons. The van der Waals surface area contributed by atoms with E-state index < -0.39 is 15.9 Å². The zero-order valence-corrected chi connectivity index (χ0v) is 18.6. The van der Waals surface area contributed by atoms with E-state index >= 15 is 0 Å². The van der Waals surface area contributed by atoms with E-state index in [0.29, 0.717) is 5.76 Å². The van der Waals surface area contributed by atoms with Crippen LogP contribution in [0.3, 0.4) is 0 Å². The van der Waals surface area contributed by atoms with Gasteiger partial charge in [0.1, 0.15) is 23.2 Å². The Morgan fingerprint density at radius 3 is 2.38 bits per heavy atom. The molecule has 0 spiro atoms. The second-order valence-corrected chi connectivity index (χ2v) is 9.06. The average molecular weight is 450 g/mol. The summed E-state index contributed by atoms with van der Waals surface area (Å²) in [4.78, 5) is 11.9. The molecule has 8 heteroatoms. The van der Waals surface area contributed by atoms with Crippen LogP contribution >= 0.6 is 0 Å². The lowest BCUT2D eigenvalue weighted by molar-refractivity contribution is -0.116. The van der Waals surface area contributed by atoms with Crippen molar-refractivity contribution in [3.05, 3.63) is 95.0 Å². The normalized spacial score (nSPS) is 11.9. The summed E-state index contributed by atoms with van der Waals surface area (Å²) >= 11 is 0. The van der Waals surface area contributed by atoms with E-state index in [1.165, 1.54) is 17.4 Å². The van der Waals surface area contributed by atoms with E-state index in [-0.39, 0.29) is 29.3 Å². The monoisotopic (exact) mass is 449 g/mol. The summed E-state index contributed by atoms with van der Waals surface area (Å²) in [5.41, 5.74) is 1.69. The molecule has 0 saturated heterocycles. The number of furan rings is 1. The van der Waals surface area contributed by atoms with Gasteiger partial charge in [0.2, 0.25) is 10.0 Å². The fourth-order valence-electron chi connectivity index (χ4n) is 3.03. The van der Waals surface area contributed by atoms with Crippen molar-refractivity contribution in [2.24, 2.45) is 0 Å². The van der Waals surface area contributed by atoms with Crippen LogP contribution in [-0.4, -0.2) is 25.7 Å². The van der Waals surface area contributed by atoms with Crippen molar-refractivity contribution < 1.29 is 17.6 Å². The fourth-order valence-corrected chi connectivity index (χ4v) is 4.42. The Hall–Kier alpha value is -3.67. The van der Waals surface area contributed by atoms with Crippen LogP contribution in [0.15, 0.2) is 81.6 Å². The molecule has 0 aliphatic heterocycles. The van der Waals surface area contributed by atoms with Gasteiger partial charge in [0, 0.05) is 19.7 Å². The van der Waals surface area contributed by atoms with Gasteiger partial charge in [0.05, 0.1) is 11.4 Å². The predicted molar refractivity (Wildman–Crippen MR) is 120 cm³/mol. The van der Waals surface area contributed by atoms with Gasteiger partial charge in [-0.3, -0.25) is 4.79 Å². The van der Waals surface area contributed by atoms with E-state index in [1.54, 1.807) is 36.4 Å². The molecule has 1 heterocycles. The Bertz CT molecular complexity index is 1250. The van der Waals surface area contributed by atoms with Crippen LogP contribution in [0.4, 0.5) is 0 Å². The third-order valence-corrected chi connectivity index (χ3v) is 6.56. The maximum absolute atomic E-state index is 13.4. The van der Waals surface area contributed by atoms with Gasteiger partial charge in [0.15, 0.2) is 0 Å². The minimum absolute atomic E-state index is 0.0131. The first-order chi connectivity index (χ1) is 15.3. The van der Waals surface area contributed by atoms with E-state index in [0.717, 1.165) is 11.1 Å². The number of nitrogens with one attached hydrogen (secondary N) is 1. The second-order valence-electron chi connectivity index (χ2n) is 7.12. The summed E-state index contributed by atoms with van der Waals surface area (Å²) in [5.74, 6) is 0.141. The zero-order chi connectivity index (χ0) is 23.1. The van der Waals surface area contributed by atoms with E-state index in [9.17, 15) is 13.2 Å². The van der Waals surface area contributed by atoms with Gasteiger partial charge in [-0.2, -0.15) is 9.57 Å². The maximum atomic E-state index is 13.4. The topological polar surface area (TPSA) is 103 Å². The van der Waals surface area contributed by atoms with Gasteiger partial charge in [-0.05, 0) is 36.8 Å². The van der Waals surface area contributed by atoms with Crippen LogP contribution in [0.1, 0.15) is 22.6 Å². The Balaban J connectivity index is 1.92. The fraction of sp³-hybridized carbons (Fsp3) is 0.167. The van der Waals surface area contributed by atoms with Crippen molar-refractivity contribution in [2.75, 3.05) is 7.05 Å². The smallest absolute Gasteiger partial charge is 0.261 e. The van der Waals surface area contributed by atoms with Crippen LogP contribution in [0.2, 0.25) is 0 Å². The number of rotatable bonds is 8. The number of aryl methyl sites for hydroxylation is 1. The summed E-state index contributed by atoms with van der Waals surface area (Å²) in [7, 11) is -2.38. The molecule has 0 atom stereocenters. The van der Waals surface area contributed by atoms with Crippen LogP contribution in [-0.2, 0) is 27.9 Å². The lowest BCUT2D eigenvalue weighted by Crippen LogP contribution is -2.30. The standard InChI is InChI=1S/C24H23N3O4S/c1-18-8-12-23(13-9-18)32(29,30)27(16-19-6-4-3-5-7-19)17-22-11-10-21(31-22)14-20(15-25)24(28)26-2/h3-14H,16-17H2,1-2H3,(H,26,28)/b20-14-. The second kappa shape index (κ2) is 10.1. The largest absolute Gasteiger partial charge is 0.460 e. The van der Waals surface area contributed by atoms with Crippen LogP contribution in [0, 0.1) is 18.3 Å². The minimum Gasteiger partial charge on any atom is -0.460 e. The molecular formula is C24H23N3O4S. The molecule has 0 aliphatic rings. The molecule has 32 heavy (non-hydrogen) atoms. The first-order valence-corrected chi connectivity index (χ1v) is 11.3. The van der Waals surface area contributed by atoms with Crippen molar-refractivity contribution in [1.29, 1.82) is 5.26 Å². The predicted octanol–water partition coefficient (Wildman–Crippen LogP) is 3.63. The number of sulfonamides is 1. The van der Waals surface area contributed by atoms with Gasteiger partial charge in [-0.15, -0.1) is 0 Å². The molecule has 1 N–H and O–H groups in total. The number of carbonyl (C=O) groups excluding carboxylic acids is 1. The van der Waals surface area contributed by atoms with Gasteiger partial charge in [-0.25, -0.2) is 8.42 Å². The maximum Gasteiger partial charge on any atom is 0.261 e. The first kappa shape index (κ1) is 23.0. The molecule has 7 nitrogen and oxygen atoms in total. The van der Waals surface area contributed by atoms with E-state index in [2.05, 4.69) is 5.32 Å². The Labute approximate surface area is 187 Å². The minimum atomic E-state index is -3.81. The number of benzene rings is 2. The Kier molecular flexibility index (Phi) is 7.25. The van der Waals surface area contributed by atoms with Crippen LogP contribution in [0.5, 0.6) is 0 Å². The quantitative estimate of drug-likeness (QED) is 0.418. The highest BCUT2D eigenvalue weighted by Gasteiger charge is 2.26. The molecule has 0 radical (unpaired) electrons. The number of likely N-dealkylation sites (N-methyl/N-ethyl adjacent to an activating group) is 1. The van der Waals surface area contributed by atoms with Crippen LogP contribution in [0.25, 0.3) is 6.08 Å². The van der Waals surface area contributed by atoms with Crippen LogP contribution < -0.4 is 5.32 Å². The molecule has 0 aliphatic carbocycles. The number of hydrogen-bond acceptors (Lipinski definition) is 5. The highest BCUT2D eigenvalue weighted by Crippen LogP contribution is 2.23. The third-order valence-electron chi connectivity index (χ3n) is 4.75. The zero-order valence-electron chi connectivity index (χ0n) is 17.8. The number of hydrogen-bond donors (Lipinski definition) is 1. The lowest BCUT2D eigenvalue weighted by atomic mass is 10.2. The van der Waals surface area contributed by atoms with Gasteiger partial charge >= 0.3 is 0 Å². The van der Waals surface area contributed by atoms with Crippen molar-refractivity contribution in [1.82, 2.24) is 9.62 Å². The molecule has 1 aromatic heterocycles. The number of carbonyl (C=O) groups is 1. The first-order valence-electron chi connectivity index (χ1n) is 9.87. The molecule has 0 unspecified atom stereocenters. The molecule has 2 aromatic carbocycles. The Morgan fingerprint density at radius 1 is 1.06 bits per heavy atom. The van der Waals surface area contributed by atoms with Crippen molar-refractivity contribution in [2.45, 2.75) is 24.9 Å². The molecule has 3 aromatic rings. The summed E-state index contributed by atoms with van der Waals surface area (Å²) in [6, 6.07) is 21.0. The molecule has 3 rings (SSSR count). The SMILES string of the molecule is CNC(=O)/C(C#N)=C\c1ccc(CN(Cc2ccccc2)S(=O)(=O)c2ccc(C)cc2)o1. The number of nitriles is 1. The van der Waals surface area contributed by atoms with E-state index in [4.69, 9.17) is 9.68 Å². The third kappa shape index (κ3) is 5.52. The van der Waals surface area contributed by atoms with Crippen molar-refractivity contribution in [3.63, 3.8) is 0 Å². The molecule has 0 saturated carbocycles. The van der Waals surface area contributed by atoms with E-state index in [1.807, 2.05) is 43.3 Å². The summed E-state index contributed by atoms with van der Waals surface area (Å²) < 4.78 is 33.8. The summed E-state index contributed by atoms with van der Waals surface area (Å²) in [6.45, 7) is 2.04.